The molecule has 0 saturated heterocycles. The molecule has 3 aromatic carbocycles. The summed E-state index contributed by atoms with van der Waals surface area (Å²) in [6.45, 7) is 2.37. The number of pyridine rings is 1. The highest BCUT2D eigenvalue weighted by molar-refractivity contribution is 5.99. The third-order valence-corrected chi connectivity index (χ3v) is 5.13. The lowest BCUT2D eigenvalue weighted by Gasteiger charge is -2.13. The van der Waals surface area contributed by atoms with E-state index < -0.39 is 0 Å². The molecule has 30 heavy (non-hydrogen) atoms. The van der Waals surface area contributed by atoms with Gasteiger partial charge >= 0.3 is 0 Å². The normalized spacial score (nSPS) is 12.3. The molecule has 1 aliphatic heterocycles. The van der Waals surface area contributed by atoms with Gasteiger partial charge in [0.25, 0.3) is 0 Å². The summed E-state index contributed by atoms with van der Waals surface area (Å²) in [6, 6.07) is 24.4. The van der Waals surface area contributed by atoms with Crippen molar-refractivity contribution in [1.82, 2.24) is 10.3 Å². The van der Waals surface area contributed by atoms with Crippen LogP contribution in [0.2, 0.25) is 0 Å². The summed E-state index contributed by atoms with van der Waals surface area (Å²) in [6.07, 6.45) is 1.82. The second kappa shape index (κ2) is 8.43. The first-order valence-corrected chi connectivity index (χ1v) is 10.0. The van der Waals surface area contributed by atoms with Crippen molar-refractivity contribution in [1.29, 1.82) is 0 Å². The Hall–Kier alpha value is -3.57. The summed E-state index contributed by atoms with van der Waals surface area (Å²) in [5.74, 6) is 2.50. The zero-order valence-corrected chi connectivity index (χ0v) is 16.5. The van der Waals surface area contributed by atoms with Crippen molar-refractivity contribution in [2.75, 3.05) is 19.9 Å². The van der Waals surface area contributed by atoms with Gasteiger partial charge in [0.2, 0.25) is 6.79 Å². The van der Waals surface area contributed by atoms with Gasteiger partial charge in [-0.05, 0) is 47.3 Å². The number of hydrogen-bond acceptors (Lipinski definition) is 5. The molecule has 0 bridgehead atoms. The zero-order chi connectivity index (χ0) is 20.2. The first kappa shape index (κ1) is 18.5. The van der Waals surface area contributed by atoms with E-state index >= 15 is 0 Å². The summed E-state index contributed by atoms with van der Waals surface area (Å²) in [4.78, 5) is 4.50. The van der Waals surface area contributed by atoms with Crippen LogP contribution >= 0.6 is 0 Å². The zero-order valence-electron chi connectivity index (χ0n) is 16.5. The number of benzene rings is 3. The van der Waals surface area contributed by atoms with Crippen molar-refractivity contribution in [3.63, 3.8) is 0 Å². The SMILES string of the molecule is c1ccc(-c2ccc(OCCNCc3ccc4c(c3)OCO4)c3ccccc23)nc1. The van der Waals surface area contributed by atoms with Crippen molar-refractivity contribution >= 4 is 10.8 Å². The minimum atomic E-state index is 0.299. The number of ether oxygens (including phenoxy) is 3. The van der Waals surface area contributed by atoms with E-state index in [1.807, 2.05) is 60.8 Å². The van der Waals surface area contributed by atoms with Crippen LogP contribution in [0.15, 0.2) is 79.0 Å². The molecular weight excluding hydrogens is 376 g/mol. The Bertz CT molecular complexity index is 1160. The van der Waals surface area contributed by atoms with Crippen LogP contribution in [0, 0.1) is 0 Å². The Balaban J connectivity index is 1.23. The summed E-state index contributed by atoms with van der Waals surface area (Å²) in [7, 11) is 0. The summed E-state index contributed by atoms with van der Waals surface area (Å²) in [5.41, 5.74) is 3.23. The van der Waals surface area contributed by atoms with Crippen LogP contribution in [0.1, 0.15) is 5.56 Å². The van der Waals surface area contributed by atoms with Crippen LogP contribution in [0.25, 0.3) is 22.0 Å². The lowest BCUT2D eigenvalue weighted by molar-refractivity contribution is 0.174. The topological polar surface area (TPSA) is 52.6 Å². The average Bonchev–Trinajstić information content (AvgIpc) is 3.27. The van der Waals surface area contributed by atoms with Gasteiger partial charge in [-0.2, -0.15) is 0 Å². The van der Waals surface area contributed by atoms with Crippen molar-refractivity contribution in [2.24, 2.45) is 0 Å². The predicted octanol–water partition coefficient (Wildman–Crippen LogP) is 4.80. The standard InChI is InChI=1S/C25H22N2O3/c1-2-6-21-19(5-1)20(22-7-3-4-12-27-22)9-11-23(21)28-14-13-26-16-18-8-10-24-25(15-18)30-17-29-24/h1-12,15,26H,13-14,16-17H2. The third-order valence-electron chi connectivity index (χ3n) is 5.13. The number of hydrogen-bond donors (Lipinski definition) is 1. The van der Waals surface area contributed by atoms with Crippen LogP contribution in [-0.2, 0) is 6.54 Å². The molecule has 0 radical (unpaired) electrons. The molecule has 1 N–H and O–H groups in total. The van der Waals surface area contributed by atoms with Gasteiger partial charge in [0.1, 0.15) is 12.4 Å². The second-order valence-electron chi connectivity index (χ2n) is 7.08. The maximum absolute atomic E-state index is 6.09. The van der Waals surface area contributed by atoms with E-state index in [0.29, 0.717) is 13.4 Å². The van der Waals surface area contributed by atoms with Gasteiger partial charge < -0.3 is 19.5 Å². The Morgan fingerprint density at radius 1 is 0.867 bits per heavy atom. The van der Waals surface area contributed by atoms with Gasteiger partial charge in [0.15, 0.2) is 11.5 Å². The highest BCUT2D eigenvalue weighted by Gasteiger charge is 2.13. The van der Waals surface area contributed by atoms with E-state index in [9.17, 15) is 0 Å². The van der Waals surface area contributed by atoms with E-state index in [1.54, 1.807) is 0 Å². The van der Waals surface area contributed by atoms with Crippen molar-refractivity contribution < 1.29 is 14.2 Å². The maximum atomic E-state index is 6.09. The van der Waals surface area contributed by atoms with Crippen molar-refractivity contribution in [3.8, 4) is 28.5 Å². The molecule has 1 aliphatic rings. The molecule has 5 nitrogen and oxygen atoms in total. The monoisotopic (exact) mass is 398 g/mol. The summed E-state index contributed by atoms with van der Waals surface area (Å²) >= 11 is 0. The first-order valence-electron chi connectivity index (χ1n) is 10.0. The quantitative estimate of drug-likeness (QED) is 0.453. The molecule has 0 spiro atoms. The largest absolute Gasteiger partial charge is 0.492 e. The number of aromatic nitrogens is 1. The minimum absolute atomic E-state index is 0.299. The van der Waals surface area contributed by atoms with E-state index in [0.717, 1.165) is 57.9 Å². The molecule has 0 amide bonds. The summed E-state index contributed by atoms with van der Waals surface area (Å²) < 4.78 is 16.9. The third kappa shape index (κ3) is 3.80. The molecule has 0 unspecified atom stereocenters. The number of nitrogens with zero attached hydrogens (tertiary/aromatic N) is 1. The fourth-order valence-corrected chi connectivity index (χ4v) is 3.66. The Morgan fingerprint density at radius 2 is 1.73 bits per heavy atom. The van der Waals surface area contributed by atoms with Gasteiger partial charge in [0.05, 0.1) is 5.69 Å². The van der Waals surface area contributed by atoms with Gasteiger partial charge in [-0.1, -0.05) is 36.4 Å². The maximum Gasteiger partial charge on any atom is 0.231 e. The van der Waals surface area contributed by atoms with Gasteiger partial charge in [-0.3, -0.25) is 4.98 Å². The van der Waals surface area contributed by atoms with E-state index in [4.69, 9.17) is 14.2 Å². The molecule has 0 aliphatic carbocycles. The van der Waals surface area contributed by atoms with Gasteiger partial charge in [0, 0.05) is 30.2 Å². The van der Waals surface area contributed by atoms with E-state index in [1.165, 1.54) is 0 Å². The van der Waals surface area contributed by atoms with E-state index in [2.05, 4.69) is 28.5 Å². The number of rotatable bonds is 7. The number of nitrogens with one attached hydrogen (secondary N) is 1. The van der Waals surface area contributed by atoms with Crippen molar-refractivity contribution in [2.45, 2.75) is 6.54 Å². The fourth-order valence-electron chi connectivity index (χ4n) is 3.66. The lowest BCUT2D eigenvalue weighted by Crippen LogP contribution is -2.20. The highest BCUT2D eigenvalue weighted by atomic mass is 16.7. The Kier molecular flexibility index (Phi) is 5.19. The molecule has 0 saturated carbocycles. The molecule has 5 heteroatoms. The lowest BCUT2D eigenvalue weighted by atomic mass is 10.0. The van der Waals surface area contributed by atoms with Crippen LogP contribution in [0.4, 0.5) is 0 Å². The fraction of sp³-hybridized carbons (Fsp3) is 0.160. The van der Waals surface area contributed by atoms with Crippen LogP contribution in [0.5, 0.6) is 17.2 Å². The molecule has 150 valence electrons. The van der Waals surface area contributed by atoms with Gasteiger partial charge in [-0.15, -0.1) is 0 Å². The van der Waals surface area contributed by atoms with E-state index in [-0.39, 0.29) is 0 Å². The number of fused-ring (bicyclic) bond motifs is 2. The van der Waals surface area contributed by atoms with Gasteiger partial charge in [-0.25, -0.2) is 0 Å². The van der Waals surface area contributed by atoms with Crippen LogP contribution < -0.4 is 19.5 Å². The molecule has 5 rings (SSSR count). The molecule has 4 aromatic rings. The molecule has 2 heterocycles. The highest BCUT2D eigenvalue weighted by Crippen LogP contribution is 2.34. The molecule has 1 aromatic heterocycles. The van der Waals surface area contributed by atoms with Crippen molar-refractivity contribution in [3.05, 3.63) is 84.6 Å². The Morgan fingerprint density at radius 3 is 2.63 bits per heavy atom. The average molecular weight is 398 g/mol. The Labute approximate surface area is 175 Å². The van der Waals surface area contributed by atoms with Crippen LogP contribution in [0.3, 0.4) is 0 Å². The molecule has 0 fully saturated rings. The molecule has 0 atom stereocenters. The second-order valence-corrected chi connectivity index (χ2v) is 7.08. The smallest absolute Gasteiger partial charge is 0.231 e. The van der Waals surface area contributed by atoms with Crippen LogP contribution in [-0.4, -0.2) is 24.9 Å². The predicted molar refractivity (Wildman–Crippen MR) is 117 cm³/mol. The minimum Gasteiger partial charge on any atom is -0.492 e. The first-order chi connectivity index (χ1) is 14.9. The summed E-state index contributed by atoms with van der Waals surface area (Å²) in [5, 5.41) is 5.65. The molecular formula is C25H22N2O3.